The molecule has 0 N–H and O–H groups in total. The van der Waals surface area contributed by atoms with Gasteiger partial charge in [0, 0.05) is 11.1 Å². The first-order valence-electron chi connectivity index (χ1n) is 3.25. The van der Waals surface area contributed by atoms with Gasteiger partial charge in [-0.15, -0.1) is 6.42 Å². The molecule has 0 heterocycles. The first-order chi connectivity index (χ1) is 5.72. The molecule has 62 valence electrons. The maximum atomic E-state index is 12.6. The van der Waals surface area contributed by atoms with Crippen molar-refractivity contribution in [2.75, 3.05) is 6.61 Å². The van der Waals surface area contributed by atoms with Crippen molar-refractivity contribution in [1.29, 1.82) is 0 Å². The van der Waals surface area contributed by atoms with Crippen molar-refractivity contribution in [3.8, 4) is 18.1 Å². The molecule has 0 aliphatic heterocycles. The monoisotopic (exact) mass is 184 g/mol. The second-order valence-corrected chi connectivity index (χ2v) is 2.53. The average molecular weight is 185 g/mol. The molecule has 0 aliphatic rings. The van der Waals surface area contributed by atoms with Gasteiger partial charge in [0.05, 0.1) is 0 Å². The zero-order valence-corrected chi connectivity index (χ0v) is 6.94. The second kappa shape index (κ2) is 3.99. The van der Waals surface area contributed by atoms with E-state index in [0.29, 0.717) is 10.8 Å². The molecule has 1 aromatic rings. The third-order valence-corrected chi connectivity index (χ3v) is 1.38. The summed E-state index contributed by atoms with van der Waals surface area (Å²) in [6.45, 7) is 0.111. The SMILES string of the molecule is C#CCOc1cc(F)cc(Cl)c1. The van der Waals surface area contributed by atoms with E-state index in [4.69, 9.17) is 22.8 Å². The number of benzene rings is 1. The zero-order valence-electron chi connectivity index (χ0n) is 6.18. The molecule has 0 amide bonds. The third-order valence-electron chi connectivity index (χ3n) is 1.16. The number of rotatable bonds is 2. The summed E-state index contributed by atoms with van der Waals surface area (Å²) in [5, 5.41) is 0.294. The normalized spacial score (nSPS) is 9.08. The summed E-state index contributed by atoms with van der Waals surface area (Å²) in [6, 6.07) is 3.93. The van der Waals surface area contributed by atoms with Gasteiger partial charge >= 0.3 is 0 Å². The Hall–Kier alpha value is -1.20. The van der Waals surface area contributed by atoms with E-state index >= 15 is 0 Å². The molecule has 0 spiro atoms. The lowest BCUT2D eigenvalue weighted by molar-refractivity contribution is 0.368. The lowest BCUT2D eigenvalue weighted by Gasteiger charge is -2.01. The summed E-state index contributed by atoms with van der Waals surface area (Å²) in [4.78, 5) is 0. The Morgan fingerprint density at radius 1 is 1.50 bits per heavy atom. The van der Waals surface area contributed by atoms with Crippen LogP contribution in [-0.2, 0) is 0 Å². The highest BCUT2D eigenvalue weighted by Crippen LogP contribution is 2.19. The van der Waals surface area contributed by atoms with E-state index in [1.807, 2.05) is 0 Å². The van der Waals surface area contributed by atoms with E-state index in [2.05, 4.69) is 5.92 Å². The first kappa shape index (κ1) is 8.89. The molecule has 3 heteroatoms. The Morgan fingerprint density at radius 2 is 2.25 bits per heavy atom. The molecule has 0 aromatic heterocycles. The maximum Gasteiger partial charge on any atom is 0.148 e. The van der Waals surface area contributed by atoms with Gasteiger partial charge in [-0.05, 0) is 12.1 Å². The number of ether oxygens (including phenoxy) is 1. The van der Waals surface area contributed by atoms with Gasteiger partial charge in [0.25, 0.3) is 0 Å². The van der Waals surface area contributed by atoms with Crippen LogP contribution in [0.25, 0.3) is 0 Å². The van der Waals surface area contributed by atoms with Crippen LogP contribution in [0, 0.1) is 18.2 Å². The van der Waals surface area contributed by atoms with Crippen molar-refractivity contribution in [2.24, 2.45) is 0 Å². The average Bonchev–Trinajstić information content (AvgIpc) is 1.99. The molecule has 0 saturated carbocycles. The van der Waals surface area contributed by atoms with Crippen LogP contribution in [0.3, 0.4) is 0 Å². The van der Waals surface area contributed by atoms with Gasteiger partial charge in [-0.3, -0.25) is 0 Å². The van der Waals surface area contributed by atoms with Crippen molar-refractivity contribution in [3.05, 3.63) is 29.0 Å². The molecule has 0 atom stereocenters. The fourth-order valence-corrected chi connectivity index (χ4v) is 0.949. The first-order valence-corrected chi connectivity index (χ1v) is 3.62. The topological polar surface area (TPSA) is 9.23 Å². The van der Waals surface area contributed by atoms with Gasteiger partial charge in [0.15, 0.2) is 0 Å². The summed E-state index contributed by atoms with van der Waals surface area (Å²) in [5.74, 6) is 2.18. The smallest absolute Gasteiger partial charge is 0.148 e. The van der Waals surface area contributed by atoms with Crippen LogP contribution in [0.4, 0.5) is 4.39 Å². The van der Waals surface area contributed by atoms with Crippen molar-refractivity contribution in [3.63, 3.8) is 0 Å². The minimum absolute atomic E-state index is 0.111. The quantitative estimate of drug-likeness (QED) is 0.642. The van der Waals surface area contributed by atoms with E-state index in [1.165, 1.54) is 18.2 Å². The van der Waals surface area contributed by atoms with Crippen LogP contribution in [0.1, 0.15) is 0 Å². The van der Waals surface area contributed by atoms with Crippen molar-refractivity contribution >= 4 is 11.6 Å². The standard InChI is InChI=1S/C9H6ClFO/c1-2-3-12-9-5-7(10)4-8(11)6-9/h1,4-6H,3H2. The molecule has 12 heavy (non-hydrogen) atoms. The Labute approximate surface area is 75.1 Å². The van der Waals surface area contributed by atoms with Gasteiger partial charge < -0.3 is 4.74 Å². The Morgan fingerprint density at radius 3 is 2.83 bits per heavy atom. The molecule has 0 fully saturated rings. The summed E-state index contributed by atoms with van der Waals surface area (Å²) in [5.41, 5.74) is 0. The molecule has 1 aromatic carbocycles. The van der Waals surface area contributed by atoms with Crippen LogP contribution in [0.2, 0.25) is 5.02 Å². The van der Waals surface area contributed by atoms with E-state index in [0.717, 1.165) is 0 Å². The summed E-state index contributed by atoms with van der Waals surface area (Å²) in [6.07, 6.45) is 4.95. The van der Waals surface area contributed by atoms with E-state index in [9.17, 15) is 4.39 Å². The summed E-state index contributed by atoms with van der Waals surface area (Å²) in [7, 11) is 0. The summed E-state index contributed by atoms with van der Waals surface area (Å²) >= 11 is 5.56. The van der Waals surface area contributed by atoms with Crippen LogP contribution in [0.15, 0.2) is 18.2 Å². The van der Waals surface area contributed by atoms with Crippen LogP contribution in [-0.4, -0.2) is 6.61 Å². The number of terminal acetylenes is 1. The third kappa shape index (κ3) is 2.44. The predicted molar refractivity (Wildman–Crippen MR) is 45.7 cm³/mol. The fourth-order valence-electron chi connectivity index (χ4n) is 0.737. The molecule has 0 radical (unpaired) electrons. The zero-order chi connectivity index (χ0) is 8.97. The molecule has 1 nitrogen and oxygen atoms in total. The molecule has 0 bridgehead atoms. The van der Waals surface area contributed by atoms with Crippen molar-refractivity contribution in [1.82, 2.24) is 0 Å². The summed E-state index contributed by atoms with van der Waals surface area (Å²) < 4.78 is 17.6. The molecule has 0 unspecified atom stereocenters. The van der Waals surface area contributed by atoms with Crippen LogP contribution in [0.5, 0.6) is 5.75 Å². The van der Waals surface area contributed by atoms with Crippen LogP contribution >= 0.6 is 11.6 Å². The number of halogens is 2. The highest BCUT2D eigenvalue weighted by molar-refractivity contribution is 6.30. The molecular weight excluding hydrogens is 179 g/mol. The molecular formula is C9H6ClFO. The van der Waals surface area contributed by atoms with Crippen molar-refractivity contribution < 1.29 is 9.13 Å². The van der Waals surface area contributed by atoms with E-state index in [1.54, 1.807) is 0 Å². The minimum Gasteiger partial charge on any atom is -0.481 e. The maximum absolute atomic E-state index is 12.6. The van der Waals surface area contributed by atoms with E-state index in [-0.39, 0.29) is 6.61 Å². The molecule has 0 aliphatic carbocycles. The van der Waals surface area contributed by atoms with Gasteiger partial charge in [0.1, 0.15) is 18.2 Å². The lowest BCUT2D eigenvalue weighted by atomic mass is 10.3. The van der Waals surface area contributed by atoms with Gasteiger partial charge in [-0.1, -0.05) is 17.5 Å². The van der Waals surface area contributed by atoms with Gasteiger partial charge in [-0.25, -0.2) is 4.39 Å². The second-order valence-electron chi connectivity index (χ2n) is 2.10. The predicted octanol–water partition coefficient (Wildman–Crippen LogP) is 2.49. The van der Waals surface area contributed by atoms with Crippen molar-refractivity contribution in [2.45, 2.75) is 0 Å². The van der Waals surface area contributed by atoms with Gasteiger partial charge in [-0.2, -0.15) is 0 Å². The largest absolute Gasteiger partial charge is 0.481 e. The highest BCUT2D eigenvalue weighted by Gasteiger charge is 1.98. The van der Waals surface area contributed by atoms with E-state index < -0.39 is 5.82 Å². The lowest BCUT2D eigenvalue weighted by Crippen LogP contribution is -1.93. The van der Waals surface area contributed by atoms with Crippen LogP contribution < -0.4 is 4.74 Å². The minimum atomic E-state index is -0.436. The molecule has 1 rings (SSSR count). The Kier molecular flexibility index (Phi) is 2.95. The highest BCUT2D eigenvalue weighted by atomic mass is 35.5. The molecule has 0 saturated heterocycles. The Balaban J connectivity index is 2.80. The Bertz CT molecular complexity index is 297. The number of hydrogen-bond donors (Lipinski definition) is 0. The fraction of sp³-hybridized carbons (Fsp3) is 0.111. The number of hydrogen-bond acceptors (Lipinski definition) is 1. The van der Waals surface area contributed by atoms with Gasteiger partial charge in [0.2, 0.25) is 0 Å².